The maximum atomic E-state index is 11.5. The Morgan fingerprint density at radius 2 is 2.04 bits per heavy atom. The highest BCUT2D eigenvalue weighted by Gasteiger charge is 2.28. The van der Waals surface area contributed by atoms with Gasteiger partial charge in [0.2, 0.25) is 5.91 Å². The lowest BCUT2D eigenvalue weighted by Gasteiger charge is -2.31. The summed E-state index contributed by atoms with van der Waals surface area (Å²) in [5.74, 6) is 2.23. The van der Waals surface area contributed by atoms with Crippen molar-refractivity contribution in [2.75, 3.05) is 40.3 Å². The maximum absolute atomic E-state index is 11.5. The van der Waals surface area contributed by atoms with Crippen molar-refractivity contribution in [2.45, 2.75) is 32.6 Å². The summed E-state index contributed by atoms with van der Waals surface area (Å²) in [5, 5.41) is 5.76. The molecule has 0 bridgehead atoms. The number of guanidine groups is 1. The Hall–Kier alpha value is -1.79. The van der Waals surface area contributed by atoms with Crippen LogP contribution in [0.3, 0.4) is 0 Å². The number of hydrogen-bond acceptors (Lipinski definition) is 3. The molecule has 2 N–H and O–H groups in total. The molecule has 3 amide bonds. The first-order chi connectivity index (χ1) is 11.0. The molecule has 0 aromatic carbocycles. The summed E-state index contributed by atoms with van der Waals surface area (Å²) in [6.07, 6.45) is 5.20. The lowest BCUT2D eigenvalue weighted by Crippen LogP contribution is -2.45. The van der Waals surface area contributed by atoms with Crippen LogP contribution < -0.4 is 10.6 Å². The minimum Gasteiger partial charge on any atom is -0.354 e. The molecule has 2 rings (SSSR count). The molecule has 7 nitrogen and oxygen atoms in total. The number of rotatable bonds is 5. The normalized spacial score (nSPS) is 25.5. The van der Waals surface area contributed by atoms with Crippen molar-refractivity contribution in [2.24, 2.45) is 16.8 Å². The predicted molar refractivity (Wildman–Crippen MR) is 90.2 cm³/mol. The molecule has 1 saturated heterocycles. The Bertz CT molecular complexity index is 441. The van der Waals surface area contributed by atoms with E-state index in [-0.39, 0.29) is 18.5 Å². The highest BCUT2D eigenvalue weighted by atomic mass is 16.2. The van der Waals surface area contributed by atoms with Crippen LogP contribution in [0.2, 0.25) is 0 Å². The van der Waals surface area contributed by atoms with E-state index in [1.54, 1.807) is 7.05 Å². The number of amides is 3. The van der Waals surface area contributed by atoms with Gasteiger partial charge >= 0.3 is 6.03 Å². The molecule has 0 aromatic heterocycles. The average Bonchev–Trinajstić information content (AvgIpc) is 2.85. The molecule has 0 atom stereocenters. The van der Waals surface area contributed by atoms with E-state index in [1.165, 1.54) is 30.6 Å². The van der Waals surface area contributed by atoms with E-state index in [1.807, 2.05) is 7.05 Å². The van der Waals surface area contributed by atoms with E-state index in [2.05, 4.69) is 27.4 Å². The number of urea groups is 1. The molecule has 1 heterocycles. The third-order valence-corrected chi connectivity index (χ3v) is 4.80. The van der Waals surface area contributed by atoms with Crippen molar-refractivity contribution in [3.8, 4) is 0 Å². The minimum absolute atomic E-state index is 0.105. The van der Waals surface area contributed by atoms with E-state index in [9.17, 15) is 9.59 Å². The third kappa shape index (κ3) is 4.84. The molecular weight excluding hydrogens is 294 g/mol. The van der Waals surface area contributed by atoms with Crippen molar-refractivity contribution in [3.05, 3.63) is 0 Å². The van der Waals surface area contributed by atoms with Gasteiger partial charge < -0.3 is 15.5 Å². The third-order valence-electron chi connectivity index (χ3n) is 4.80. The molecule has 0 unspecified atom stereocenters. The van der Waals surface area contributed by atoms with Gasteiger partial charge in [0.05, 0.1) is 6.54 Å². The van der Waals surface area contributed by atoms with Crippen molar-refractivity contribution >= 4 is 17.9 Å². The molecule has 0 spiro atoms. The molecule has 1 aliphatic carbocycles. The Labute approximate surface area is 138 Å². The summed E-state index contributed by atoms with van der Waals surface area (Å²) in [7, 11) is 3.80. The summed E-state index contributed by atoms with van der Waals surface area (Å²) >= 11 is 0. The first-order valence-electron chi connectivity index (χ1n) is 8.51. The fourth-order valence-electron chi connectivity index (χ4n) is 3.33. The second-order valence-electron chi connectivity index (χ2n) is 6.68. The van der Waals surface area contributed by atoms with E-state index in [4.69, 9.17) is 0 Å². The summed E-state index contributed by atoms with van der Waals surface area (Å²) in [4.78, 5) is 30.7. The number of aliphatic imine (C=N–C) groups is 1. The van der Waals surface area contributed by atoms with Gasteiger partial charge in [0, 0.05) is 33.7 Å². The largest absolute Gasteiger partial charge is 0.354 e. The number of nitrogens with zero attached hydrogens (tertiary/aromatic N) is 3. The second-order valence-corrected chi connectivity index (χ2v) is 6.68. The van der Waals surface area contributed by atoms with Gasteiger partial charge in [-0.25, -0.2) is 4.79 Å². The quantitative estimate of drug-likeness (QED) is 0.447. The van der Waals surface area contributed by atoms with Gasteiger partial charge in [-0.3, -0.25) is 14.7 Å². The SMILES string of the molecule is CN=C(NCCN1C(=O)CNC1=O)N(C)CC1CCC(C)CC1. The minimum atomic E-state index is -0.309. The maximum Gasteiger partial charge on any atom is 0.324 e. The van der Waals surface area contributed by atoms with Crippen LogP contribution in [0.25, 0.3) is 0 Å². The average molecular weight is 323 g/mol. The number of nitrogens with one attached hydrogen (secondary N) is 2. The van der Waals surface area contributed by atoms with E-state index in [0.717, 1.165) is 24.3 Å². The Morgan fingerprint density at radius 1 is 1.35 bits per heavy atom. The number of hydrogen-bond donors (Lipinski definition) is 2. The van der Waals surface area contributed by atoms with E-state index in [0.29, 0.717) is 13.1 Å². The van der Waals surface area contributed by atoms with Gasteiger partial charge in [-0.15, -0.1) is 0 Å². The smallest absolute Gasteiger partial charge is 0.324 e. The zero-order chi connectivity index (χ0) is 16.8. The second kappa shape index (κ2) is 8.17. The van der Waals surface area contributed by atoms with Crippen LogP contribution in [-0.2, 0) is 4.79 Å². The molecule has 2 fully saturated rings. The summed E-state index contributed by atoms with van der Waals surface area (Å²) in [6.45, 7) is 4.30. The van der Waals surface area contributed by atoms with Crippen molar-refractivity contribution in [1.82, 2.24) is 20.4 Å². The van der Waals surface area contributed by atoms with Crippen molar-refractivity contribution in [3.63, 3.8) is 0 Å². The fourth-order valence-corrected chi connectivity index (χ4v) is 3.33. The molecule has 0 radical (unpaired) electrons. The molecule has 0 aromatic rings. The highest BCUT2D eigenvalue weighted by Crippen LogP contribution is 2.28. The van der Waals surface area contributed by atoms with E-state index < -0.39 is 0 Å². The zero-order valence-electron chi connectivity index (χ0n) is 14.5. The molecule has 23 heavy (non-hydrogen) atoms. The van der Waals surface area contributed by atoms with Crippen LogP contribution >= 0.6 is 0 Å². The fraction of sp³-hybridized carbons (Fsp3) is 0.812. The van der Waals surface area contributed by atoms with Gasteiger partial charge in [-0.2, -0.15) is 0 Å². The van der Waals surface area contributed by atoms with Crippen molar-refractivity contribution in [1.29, 1.82) is 0 Å². The number of imide groups is 1. The van der Waals surface area contributed by atoms with Crippen molar-refractivity contribution < 1.29 is 9.59 Å². The summed E-state index contributed by atoms with van der Waals surface area (Å²) in [5.41, 5.74) is 0. The molecule has 130 valence electrons. The molecular formula is C16H29N5O2. The Morgan fingerprint density at radius 3 is 2.61 bits per heavy atom. The van der Waals surface area contributed by atoms with Crippen LogP contribution in [0.4, 0.5) is 4.79 Å². The number of carbonyl (C=O) groups excluding carboxylic acids is 2. The van der Waals surface area contributed by atoms with Crippen LogP contribution in [0, 0.1) is 11.8 Å². The number of carbonyl (C=O) groups is 2. The molecule has 1 aliphatic heterocycles. The summed E-state index contributed by atoms with van der Waals surface area (Å²) in [6, 6.07) is -0.309. The lowest BCUT2D eigenvalue weighted by atomic mass is 9.83. The van der Waals surface area contributed by atoms with Gasteiger partial charge in [0.15, 0.2) is 5.96 Å². The van der Waals surface area contributed by atoms with Crippen LogP contribution in [0.1, 0.15) is 32.6 Å². The highest BCUT2D eigenvalue weighted by molar-refractivity contribution is 6.01. The van der Waals surface area contributed by atoms with Gasteiger partial charge in [-0.05, 0) is 24.7 Å². The first kappa shape index (κ1) is 17.6. The van der Waals surface area contributed by atoms with Crippen LogP contribution in [0.15, 0.2) is 4.99 Å². The molecule has 2 aliphatic rings. The predicted octanol–water partition coefficient (Wildman–Crippen LogP) is 0.872. The lowest BCUT2D eigenvalue weighted by molar-refractivity contribution is -0.124. The Kier molecular flexibility index (Phi) is 6.24. The van der Waals surface area contributed by atoms with Gasteiger partial charge in [0.1, 0.15) is 0 Å². The Balaban J connectivity index is 1.74. The summed E-state index contributed by atoms with van der Waals surface area (Å²) < 4.78 is 0. The van der Waals surface area contributed by atoms with Gasteiger partial charge in [0.25, 0.3) is 0 Å². The van der Waals surface area contributed by atoms with Crippen LogP contribution in [-0.4, -0.2) is 68.0 Å². The monoisotopic (exact) mass is 323 g/mol. The topological polar surface area (TPSA) is 77.0 Å². The van der Waals surface area contributed by atoms with Gasteiger partial charge in [-0.1, -0.05) is 19.8 Å². The zero-order valence-corrected chi connectivity index (χ0v) is 14.5. The molecule has 1 saturated carbocycles. The molecule has 7 heteroatoms. The first-order valence-corrected chi connectivity index (χ1v) is 8.51. The van der Waals surface area contributed by atoms with E-state index >= 15 is 0 Å². The standard InChI is InChI=1S/C16H29N5O2/c1-12-4-6-13(7-5-12)11-20(3)15(17-2)18-8-9-21-14(22)10-19-16(21)23/h12-13H,4-11H2,1-3H3,(H,17,18)(H,19,23). The van der Waals surface area contributed by atoms with Crippen LogP contribution in [0.5, 0.6) is 0 Å².